The van der Waals surface area contributed by atoms with Crippen LogP contribution in [-0.2, 0) is 9.59 Å². The van der Waals surface area contributed by atoms with Gasteiger partial charge in [-0.2, -0.15) is 0 Å². The van der Waals surface area contributed by atoms with Crippen molar-refractivity contribution in [1.82, 2.24) is 4.90 Å². The number of amides is 1. The lowest BCUT2D eigenvalue weighted by molar-refractivity contribution is -0.162. The minimum absolute atomic E-state index is 0.0538. The zero-order valence-electron chi connectivity index (χ0n) is 11.2. The van der Waals surface area contributed by atoms with E-state index in [0.717, 1.165) is 4.90 Å². The van der Waals surface area contributed by atoms with Gasteiger partial charge in [0.05, 0.1) is 12.6 Å². The van der Waals surface area contributed by atoms with Crippen molar-refractivity contribution >= 4 is 11.9 Å². The van der Waals surface area contributed by atoms with Crippen LogP contribution in [0.15, 0.2) is 24.3 Å². The number of aromatic hydroxyl groups is 1. The van der Waals surface area contributed by atoms with E-state index >= 15 is 0 Å². The van der Waals surface area contributed by atoms with Crippen LogP contribution < -0.4 is 0 Å². The average Bonchev–Trinajstić information content (AvgIpc) is 2.44. The molecular weight excluding hydrogens is 282 g/mol. The van der Waals surface area contributed by atoms with Gasteiger partial charge in [0.15, 0.2) is 12.2 Å². The van der Waals surface area contributed by atoms with Crippen LogP contribution >= 0.6 is 0 Å². The predicted molar refractivity (Wildman–Crippen MR) is 70.4 cm³/mol. The van der Waals surface area contributed by atoms with Gasteiger partial charge in [-0.25, -0.2) is 4.79 Å². The number of aliphatic hydroxyl groups is 3. The van der Waals surface area contributed by atoms with Crippen LogP contribution in [0, 0.1) is 0 Å². The fourth-order valence-corrected chi connectivity index (χ4v) is 1.68. The number of phenols is 1. The fourth-order valence-electron chi connectivity index (χ4n) is 1.68. The van der Waals surface area contributed by atoms with Crippen molar-refractivity contribution in [2.45, 2.75) is 18.3 Å². The molecule has 0 unspecified atom stereocenters. The molecule has 0 fully saturated rings. The van der Waals surface area contributed by atoms with Crippen LogP contribution in [0.5, 0.6) is 5.75 Å². The number of benzene rings is 1. The quantitative estimate of drug-likeness (QED) is 0.439. The number of carbonyl (C=O) groups is 2. The summed E-state index contributed by atoms with van der Waals surface area (Å²) in [5.74, 6) is -2.82. The van der Waals surface area contributed by atoms with Gasteiger partial charge in [0.2, 0.25) is 0 Å². The Hall–Kier alpha value is -2.16. The number of carboxylic acids is 1. The summed E-state index contributed by atoms with van der Waals surface area (Å²) in [4.78, 5) is 23.1. The second kappa shape index (κ2) is 7.02. The van der Waals surface area contributed by atoms with E-state index in [9.17, 15) is 24.9 Å². The molecule has 8 heteroatoms. The van der Waals surface area contributed by atoms with E-state index in [1.165, 1.54) is 31.3 Å². The standard InChI is InChI=1S/C13H17NO7/c1-14(12(19)10(17)11(18)13(20)21)6-9(16)7-3-2-4-8(15)5-7/h2-5,9-11,15-18H,6H2,1H3,(H,20,21)/t9-,10+,11+/m0/s1. The maximum Gasteiger partial charge on any atom is 0.335 e. The van der Waals surface area contributed by atoms with Crippen molar-refractivity contribution in [2.75, 3.05) is 13.6 Å². The molecule has 0 saturated carbocycles. The van der Waals surface area contributed by atoms with Crippen molar-refractivity contribution in [3.63, 3.8) is 0 Å². The van der Waals surface area contributed by atoms with E-state index in [0.29, 0.717) is 5.56 Å². The number of nitrogens with zero attached hydrogens (tertiary/aromatic N) is 1. The molecule has 0 bridgehead atoms. The summed E-state index contributed by atoms with van der Waals surface area (Å²) in [5, 5.41) is 46.3. The van der Waals surface area contributed by atoms with Gasteiger partial charge in [-0.05, 0) is 17.7 Å². The highest BCUT2D eigenvalue weighted by atomic mass is 16.4. The Morgan fingerprint density at radius 1 is 1.19 bits per heavy atom. The lowest BCUT2D eigenvalue weighted by atomic mass is 10.1. The predicted octanol–water partition coefficient (Wildman–Crippen LogP) is -1.31. The molecule has 0 saturated heterocycles. The van der Waals surface area contributed by atoms with Gasteiger partial charge in [-0.1, -0.05) is 12.1 Å². The van der Waals surface area contributed by atoms with Gasteiger partial charge in [0, 0.05) is 7.05 Å². The molecule has 5 N–H and O–H groups in total. The van der Waals surface area contributed by atoms with Crippen LogP contribution in [0.1, 0.15) is 11.7 Å². The molecule has 116 valence electrons. The third kappa shape index (κ3) is 4.42. The number of carboxylic acid groups (broad SMARTS) is 1. The molecule has 1 amide bonds. The Bertz CT molecular complexity index is 519. The second-order valence-electron chi connectivity index (χ2n) is 4.56. The van der Waals surface area contributed by atoms with Crippen LogP contribution in [0.3, 0.4) is 0 Å². The summed E-state index contributed by atoms with van der Waals surface area (Å²) in [6.07, 6.45) is -5.50. The Balaban J connectivity index is 2.69. The molecule has 0 aliphatic carbocycles. The van der Waals surface area contributed by atoms with Crippen molar-refractivity contribution in [3.8, 4) is 5.75 Å². The number of aliphatic hydroxyl groups excluding tert-OH is 3. The Morgan fingerprint density at radius 2 is 1.81 bits per heavy atom. The Morgan fingerprint density at radius 3 is 2.33 bits per heavy atom. The van der Waals surface area contributed by atoms with E-state index < -0.39 is 30.2 Å². The largest absolute Gasteiger partial charge is 0.508 e. The van der Waals surface area contributed by atoms with Gasteiger partial charge in [0.1, 0.15) is 5.75 Å². The normalized spacial score (nSPS) is 15.0. The first-order valence-corrected chi connectivity index (χ1v) is 6.05. The highest BCUT2D eigenvalue weighted by molar-refractivity contribution is 5.87. The molecular formula is C13H17NO7. The lowest BCUT2D eigenvalue weighted by Crippen LogP contribution is -2.47. The molecule has 0 heterocycles. The zero-order chi connectivity index (χ0) is 16.2. The van der Waals surface area contributed by atoms with Gasteiger partial charge >= 0.3 is 5.97 Å². The highest BCUT2D eigenvalue weighted by Gasteiger charge is 2.32. The summed E-state index contributed by atoms with van der Waals surface area (Å²) in [6.45, 7) is -0.244. The van der Waals surface area contributed by atoms with E-state index in [2.05, 4.69) is 0 Å². The van der Waals surface area contributed by atoms with Crippen LogP contribution in [0.4, 0.5) is 0 Å². The van der Waals surface area contributed by atoms with Crippen molar-refractivity contribution in [3.05, 3.63) is 29.8 Å². The van der Waals surface area contributed by atoms with E-state index in [-0.39, 0.29) is 12.3 Å². The molecule has 0 aromatic heterocycles. The highest BCUT2D eigenvalue weighted by Crippen LogP contribution is 2.19. The third-order valence-electron chi connectivity index (χ3n) is 2.88. The fraction of sp³-hybridized carbons (Fsp3) is 0.385. The SMILES string of the molecule is CN(C[C@H](O)c1cccc(O)c1)C(=O)[C@H](O)[C@@H](O)C(=O)O. The first-order chi connectivity index (χ1) is 9.73. The van der Waals surface area contributed by atoms with Crippen LogP contribution in [0.25, 0.3) is 0 Å². The molecule has 0 spiro atoms. The minimum atomic E-state index is -2.24. The van der Waals surface area contributed by atoms with Gasteiger partial charge < -0.3 is 30.4 Å². The molecule has 0 radical (unpaired) electrons. The number of hydrogen-bond donors (Lipinski definition) is 5. The summed E-state index contributed by atoms with van der Waals surface area (Å²) in [7, 11) is 1.24. The average molecular weight is 299 g/mol. The first kappa shape index (κ1) is 16.9. The van der Waals surface area contributed by atoms with E-state index in [4.69, 9.17) is 10.2 Å². The maximum atomic E-state index is 11.7. The summed E-state index contributed by atoms with van der Waals surface area (Å²) < 4.78 is 0. The van der Waals surface area contributed by atoms with Gasteiger partial charge in [-0.15, -0.1) is 0 Å². The zero-order valence-corrected chi connectivity index (χ0v) is 11.2. The van der Waals surface area contributed by atoms with Crippen molar-refractivity contribution < 1.29 is 35.1 Å². The van der Waals surface area contributed by atoms with Crippen molar-refractivity contribution in [1.29, 1.82) is 0 Å². The number of aliphatic carboxylic acids is 1. The number of carbonyl (C=O) groups excluding carboxylic acids is 1. The van der Waals surface area contributed by atoms with Gasteiger partial charge in [0.25, 0.3) is 5.91 Å². The topological polar surface area (TPSA) is 139 Å². The number of hydrogen-bond acceptors (Lipinski definition) is 6. The molecule has 0 aliphatic rings. The maximum absolute atomic E-state index is 11.7. The second-order valence-corrected chi connectivity index (χ2v) is 4.56. The van der Waals surface area contributed by atoms with Crippen LogP contribution in [-0.4, -0.2) is 68.1 Å². The Labute approximate surface area is 120 Å². The number of likely N-dealkylation sites (N-methyl/N-ethyl adjacent to an activating group) is 1. The molecule has 3 atom stereocenters. The number of rotatable bonds is 6. The lowest BCUT2D eigenvalue weighted by Gasteiger charge is -2.24. The first-order valence-electron chi connectivity index (χ1n) is 6.05. The molecule has 21 heavy (non-hydrogen) atoms. The molecule has 1 rings (SSSR count). The summed E-state index contributed by atoms with van der Waals surface area (Å²) in [6, 6.07) is 5.77. The molecule has 8 nitrogen and oxygen atoms in total. The molecule has 1 aromatic carbocycles. The van der Waals surface area contributed by atoms with Crippen LogP contribution in [0.2, 0.25) is 0 Å². The van der Waals surface area contributed by atoms with E-state index in [1.807, 2.05) is 0 Å². The summed E-state index contributed by atoms with van der Waals surface area (Å²) >= 11 is 0. The van der Waals surface area contributed by atoms with Gasteiger partial charge in [-0.3, -0.25) is 4.79 Å². The smallest absolute Gasteiger partial charge is 0.335 e. The van der Waals surface area contributed by atoms with E-state index in [1.54, 1.807) is 0 Å². The monoisotopic (exact) mass is 299 g/mol. The minimum Gasteiger partial charge on any atom is -0.508 e. The third-order valence-corrected chi connectivity index (χ3v) is 2.88. The van der Waals surface area contributed by atoms with Crippen molar-refractivity contribution in [2.24, 2.45) is 0 Å². The Kier molecular flexibility index (Phi) is 5.65. The molecule has 0 aliphatic heterocycles. The molecule has 1 aromatic rings. The number of phenolic OH excluding ortho intramolecular Hbond substituents is 1. The summed E-state index contributed by atoms with van der Waals surface area (Å²) in [5.41, 5.74) is 0.350.